The van der Waals surface area contributed by atoms with E-state index in [2.05, 4.69) is 50.4 Å². The molecule has 446 valence electrons. The first-order valence-electron chi connectivity index (χ1n) is 32.3. The standard InChI is InChI=1S/C65H121NO10/c1-4-7-10-13-16-19-22-25-27-28-29-30-31-32-33-35-38-41-44-47-50-53-60(70)76-63-62(72)61(71)59(54-67)75-65(63)74-55-56(57(68)51-48-45-42-39-36-24-21-18-15-12-9-6-3)66-64(73)58(69)52-49-46-43-40-37-34-26-23-20-17-14-11-8-5-2/h20,23,25,27,48,51,56-59,61-63,65,67-69,71-72H,4-19,21-22,24,26,28-47,49-50,52-55H2,1-3H3,(H,66,73)/b23-20-,27-25+,51-48+. The number of ether oxygens (including phenoxy) is 3. The highest BCUT2D eigenvalue weighted by Gasteiger charge is 2.47. The molecule has 0 aliphatic carbocycles. The average Bonchev–Trinajstić information content (AvgIpc) is 3.42. The van der Waals surface area contributed by atoms with Crippen molar-refractivity contribution in [2.75, 3.05) is 13.2 Å². The summed E-state index contributed by atoms with van der Waals surface area (Å²) in [5.74, 6) is -1.19. The van der Waals surface area contributed by atoms with Gasteiger partial charge in [0.05, 0.1) is 25.4 Å². The average molecular weight is 1080 g/mol. The molecule has 1 saturated heterocycles. The third kappa shape index (κ3) is 41.0. The fourth-order valence-corrected chi connectivity index (χ4v) is 10.1. The van der Waals surface area contributed by atoms with Crippen LogP contribution in [0.25, 0.3) is 0 Å². The van der Waals surface area contributed by atoms with Gasteiger partial charge in [0, 0.05) is 6.42 Å². The van der Waals surface area contributed by atoms with Crippen molar-refractivity contribution >= 4 is 11.9 Å². The van der Waals surface area contributed by atoms with Crippen molar-refractivity contribution in [1.29, 1.82) is 0 Å². The molecule has 0 spiro atoms. The Kier molecular flexibility index (Phi) is 50.6. The van der Waals surface area contributed by atoms with E-state index in [1.54, 1.807) is 6.08 Å². The molecule has 11 nitrogen and oxygen atoms in total. The van der Waals surface area contributed by atoms with Crippen molar-refractivity contribution < 1.29 is 49.3 Å². The molecule has 1 rings (SSSR count). The molecule has 8 atom stereocenters. The summed E-state index contributed by atoms with van der Waals surface area (Å²) in [6.45, 7) is 5.79. The molecule has 0 aromatic rings. The summed E-state index contributed by atoms with van der Waals surface area (Å²) in [4.78, 5) is 26.6. The van der Waals surface area contributed by atoms with E-state index in [9.17, 15) is 35.1 Å². The Morgan fingerprint density at radius 2 is 0.868 bits per heavy atom. The maximum Gasteiger partial charge on any atom is 0.306 e. The second-order valence-electron chi connectivity index (χ2n) is 22.5. The Labute approximate surface area is 466 Å². The number of hydrogen-bond donors (Lipinski definition) is 6. The van der Waals surface area contributed by atoms with Crippen LogP contribution in [0.1, 0.15) is 303 Å². The van der Waals surface area contributed by atoms with Gasteiger partial charge < -0.3 is 45.1 Å². The zero-order valence-electron chi connectivity index (χ0n) is 49.4. The number of amides is 1. The summed E-state index contributed by atoms with van der Waals surface area (Å²) < 4.78 is 17.6. The number of rotatable bonds is 55. The smallest absolute Gasteiger partial charge is 0.306 e. The van der Waals surface area contributed by atoms with E-state index in [0.717, 1.165) is 70.6 Å². The molecule has 6 N–H and O–H groups in total. The van der Waals surface area contributed by atoms with Crippen molar-refractivity contribution in [3.8, 4) is 0 Å². The predicted molar refractivity (Wildman–Crippen MR) is 315 cm³/mol. The van der Waals surface area contributed by atoms with E-state index in [-0.39, 0.29) is 19.4 Å². The second-order valence-corrected chi connectivity index (χ2v) is 22.5. The first-order valence-corrected chi connectivity index (χ1v) is 32.3. The lowest BCUT2D eigenvalue weighted by atomic mass is 9.99. The molecule has 1 heterocycles. The molecule has 1 aliphatic rings. The lowest BCUT2D eigenvalue weighted by molar-refractivity contribution is -0.305. The van der Waals surface area contributed by atoms with Crippen LogP contribution in [0.2, 0.25) is 0 Å². The van der Waals surface area contributed by atoms with Crippen LogP contribution in [0.15, 0.2) is 36.5 Å². The van der Waals surface area contributed by atoms with Gasteiger partial charge in [-0.05, 0) is 77.0 Å². The second kappa shape index (κ2) is 53.5. The normalized spacial score (nSPS) is 19.3. The minimum absolute atomic E-state index is 0.125. The predicted octanol–water partition coefficient (Wildman–Crippen LogP) is 15.5. The number of hydrogen-bond acceptors (Lipinski definition) is 10. The molecule has 1 aliphatic heterocycles. The van der Waals surface area contributed by atoms with Crippen molar-refractivity contribution in [3.05, 3.63) is 36.5 Å². The number of esters is 1. The van der Waals surface area contributed by atoms with Crippen LogP contribution in [-0.2, 0) is 23.8 Å². The van der Waals surface area contributed by atoms with Crippen molar-refractivity contribution in [2.45, 2.75) is 352 Å². The number of unbranched alkanes of at least 4 members (excludes halogenated alkanes) is 37. The maximum atomic E-state index is 13.4. The molecule has 1 fully saturated rings. The Bertz CT molecular complexity index is 1380. The van der Waals surface area contributed by atoms with Gasteiger partial charge in [0.15, 0.2) is 12.4 Å². The van der Waals surface area contributed by atoms with Gasteiger partial charge >= 0.3 is 5.97 Å². The van der Waals surface area contributed by atoms with E-state index < -0.39 is 67.4 Å². The SMILES string of the molecule is CCCCCC/C=C\CCCCCCCCC(O)C(=O)NC(COC1OC(CO)C(O)C(O)C1OC(=O)CCCCCCCCCCCCC/C=C/CCCCCCCC)C(O)/C=C/CCCCCCCCCCCC. The summed E-state index contributed by atoms with van der Waals surface area (Å²) in [5.41, 5.74) is 0. The lowest BCUT2D eigenvalue weighted by Crippen LogP contribution is -2.61. The quantitative estimate of drug-likeness (QED) is 0.0195. The number of nitrogens with one attached hydrogen (secondary N) is 1. The lowest BCUT2D eigenvalue weighted by Gasteiger charge is -2.41. The summed E-state index contributed by atoms with van der Waals surface area (Å²) in [5, 5.41) is 57.0. The summed E-state index contributed by atoms with van der Waals surface area (Å²) in [6, 6.07) is -1.02. The Hall–Kier alpha value is -2.12. The number of allylic oxidation sites excluding steroid dienone is 5. The molecule has 1 amide bonds. The summed E-state index contributed by atoms with van der Waals surface area (Å²) >= 11 is 0. The zero-order valence-corrected chi connectivity index (χ0v) is 49.4. The van der Waals surface area contributed by atoms with E-state index in [1.807, 2.05) is 6.08 Å². The summed E-state index contributed by atoms with van der Waals surface area (Å²) in [6.07, 6.45) is 53.2. The third-order valence-electron chi connectivity index (χ3n) is 15.3. The molecule has 11 heteroatoms. The first kappa shape index (κ1) is 71.9. The Morgan fingerprint density at radius 1 is 0.500 bits per heavy atom. The van der Waals surface area contributed by atoms with Crippen LogP contribution in [-0.4, -0.2) is 99.6 Å². The van der Waals surface area contributed by atoms with Crippen LogP contribution in [0.5, 0.6) is 0 Å². The molecule has 8 unspecified atom stereocenters. The Balaban J connectivity index is 2.63. The molecule has 0 bridgehead atoms. The van der Waals surface area contributed by atoms with Crippen LogP contribution < -0.4 is 5.32 Å². The number of carbonyl (C=O) groups excluding carboxylic acids is 2. The largest absolute Gasteiger partial charge is 0.454 e. The van der Waals surface area contributed by atoms with Gasteiger partial charge in [-0.3, -0.25) is 9.59 Å². The van der Waals surface area contributed by atoms with Crippen LogP contribution in [0, 0.1) is 0 Å². The first-order chi connectivity index (χ1) is 37.2. The van der Waals surface area contributed by atoms with E-state index >= 15 is 0 Å². The molecule has 0 aromatic carbocycles. The minimum atomic E-state index is -1.61. The monoisotopic (exact) mass is 1080 g/mol. The number of aliphatic hydroxyl groups is 5. The molecule has 0 aromatic heterocycles. The van der Waals surface area contributed by atoms with Crippen molar-refractivity contribution in [1.82, 2.24) is 5.32 Å². The molecule has 0 saturated carbocycles. The van der Waals surface area contributed by atoms with Gasteiger partial charge in [-0.15, -0.1) is 0 Å². The van der Waals surface area contributed by atoms with E-state index in [0.29, 0.717) is 12.8 Å². The minimum Gasteiger partial charge on any atom is -0.454 e. The topological polar surface area (TPSA) is 175 Å². The van der Waals surface area contributed by atoms with Gasteiger partial charge in [-0.1, -0.05) is 256 Å². The van der Waals surface area contributed by atoms with Gasteiger partial charge in [0.25, 0.3) is 0 Å². The van der Waals surface area contributed by atoms with Gasteiger partial charge in [0.2, 0.25) is 5.91 Å². The van der Waals surface area contributed by atoms with Crippen molar-refractivity contribution in [3.63, 3.8) is 0 Å². The summed E-state index contributed by atoms with van der Waals surface area (Å²) in [7, 11) is 0. The molecular weight excluding hydrogens is 955 g/mol. The maximum absolute atomic E-state index is 13.4. The van der Waals surface area contributed by atoms with Crippen LogP contribution >= 0.6 is 0 Å². The van der Waals surface area contributed by atoms with Gasteiger partial charge in [0.1, 0.15) is 24.4 Å². The fourth-order valence-electron chi connectivity index (χ4n) is 10.1. The van der Waals surface area contributed by atoms with E-state index in [4.69, 9.17) is 14.2 Å². The third-order valence-corrected chi connectivity index (χ3v) is 15.3. The van der Waals surface area contributed by atoms with Crippen LogP contribution in [0.3, 0.4) is 0 Å². The zero-order chi connectivity index (χ0) is 55.4. The highest BCUT2D eigenvalue weighted by molar-refractivity contribution is 5.80. The van der Waals surface area contributed by atoms with E-state index in [1.165, 1.54) is 186 Å². The number of aliphatic hydroxyl groups excluding tert-OH is 5. The van der Waals surface area contributed by atoms with Gasteiger partial charge in [-0.2, -0.15) is 0 Å². The number of carbonyl (C=O) groups is 2. The van der Waals surface area contributed by atoms with Gasteiger partial charge in [-0.25, -0.2) is 0 Å². The molecule has 76 heavy (non-hydrogen) atoms. The van der Waals surface area contributed by atoms with Crippen LogP contribution in [0.4, 0.5) is 0 Å². The van der Waals surface area contributed by atoms with Crippen molar-refractivity contribution in [2.24, 2.45) is 0 Å². The highest BCUT2D eigenvalue weighted by atomic mass is 16.7. The fraction of sp³-hybridized carbons (Fsp3) is 0.877. The molecule has 0 radical (unpaired) electrons. The Morgan fingerprint density at radius 3 is 1.29 bits per heavy atom. The molecular formula is C65H121NO10. The highest BCUT2D eigenvalue weighted by Crippen LogP contribution is 2.26.